The Balaban J connectivity index is 3.34. The van der Waals surface area contributed by atoms with E-state index in [0.29, 0.717) is 5.56 Å². The number of nitrogen functional groups attached to an aromatic ring is 1. The average Bonchev–Trinajstić information content (AvgIpc) is 2.33. The minimum Gasteiger partial charge on any atom is -0.396 e. The monoisotopic (exact) mass is 299 g/mol. The number of benzene rings is 1. The highest BCUT2D eigenvalue weighted by Gasteiger charge is 2.28. The molecule has 0 unspecified atom stereocenters. The Bertz CT molecular complexity index is 636. The molecule has 5 nitrogen and oxygen atoms in total. The first-order chi connectivity index (χ1) is 9.21. The van der Waals surface area contributed by atoms with Crippen LogP contribution < -0.4 is 5.73 Å². The van der Waals surface area contributed by atoms with Crippen LogP contribution in [0.3, 0.4) is 0 Å². The summed E-state index contributed by atoms with van der Waals surface area (Å²) in [5.41, 5.74) is 5.53. The van der Waals surface area contributed by atoms with E-state index in [9.17, 15) is 12.8 Å². The quantitative estimate of drug-likeness (QED) is 0.843. The lowest BCUT2D eigenvalue weighted by Gasteiger charge is -2.26. The van der Waals surface area contributed by atoms with E-state index < -0.39 is 15.8 Å². The van der Waals surface area contributed by atoms with E-state index in [-0.39, 0.29) is 29.6 Å². The summed E-state index contributed by atoms with van der Waals surface area (Å²) in [5, 5.41) is 8.63. The maximum absolute atomic E-state index is 13.3. The zero-order chi connectivity index (χ0) is 15.5. The number of hydrogen-bond donors (Lipinski definition) is 1. The molecule has 0 radical (unpaired) electrons. The van der Waals surface area contributed by atoms with Crippen LogP contribution in [0.25, 0.3) is 0 Å². The van der Waals surface area contributed by atoms with Crippen molar-refractivity contribution in [3.8, 4) is 6.07 Å². The van der Waals surface area contributed by atoms with Gasteiger partial charge in [0.15, 0.2) is 0 Å². The molecule has 1 aromatic rings. The number of hydrogen-bond acceptors (Lipinski definition) is 4. The van der Waals surface area contributed by atoms with Gasteiger partial charge in [-0.3, -0.25) is 0 Å². The van der Waals surface area contributed by atoms with Crippen LogP contribution in [-0.4, -0.2) is 25.3 Å². The number of rotatable bonds is 5. The number of sulfonamides is 1. The summed E-state index contributed by atoms with van der Waals surface area (Å²) < 4.78 is 39.8. The van der Waals surface area contributed by atoms with Gasteiger partial charge in [0.2, 0.25) is 10.0 Å². The number of anilines is 1. The molecule has 0 aliphatic rings. The Morgan fingerprint density at radius 3 is 2.55 bits per heavy atom. The van der Waals surface area contributed by atoms with Crippen molar-refractivity contribution in [2.75, 3.05) is 12.3 Å². The summed E-state index contributed by atoms with van der Waals surface area (Å²) in [4.78, 5) is -0.0250. The summed E-state index contributed by atoms with van der Waals surface area (Å²) in [5.74, 6) is -0.644. The first kappa shape index (κ1) is 16.4. The average molecular weight is 299 g/mol. The van der Waals surface area contributed by atoms with Crippen LogP contribution in [0.2, 0.25) is 0 Å². The molecule has 0 heterocycles. The van der Waals surface area contributed by atoms with Gasteiger partial charge in [-0.25, -0.2) is 12.8 Å². The van der Waals surface area contributed by atoms with Gasteiger partial charge in [0, 0.05) is 19.0 Å². The highest BCUT2D eigenvalue weighted by atomic mass is 32.2. The molecule has 0 saturated carbocycles. The molecule has 0 amide bonds. The normalized spacial score (nSPS) is 11.8. The van der Waals surface area contributed by atoms with Gasteiger partial charge in [0.25, 0.3) is 0 Å². The van der Waals surface area contributed by atoms with Gasteiger partial charge in [-0.15, -0.1) is 0 Å². The van der Waals surface area contributed by atoms with E-state index >= 15 is 0 Å². The van der Waals surface area contributed by atoms with Crippen LogP contribution in [0.5, 0.6) is 0 Å². The lowest BCUT2D eigenvalue weighted by molar-refractivity contribution is 0.360. The molecule has 0 aliphatic heterocycles. The summed E-state index contributed by atoms with van der Waals surface area (Å²) >= 11 is 0. The van der Waals surface area contributed by atoms with Crippen molar-refractivity contribution in [2.45, 2.75) is 38.1 Å². The summed E-state index contributed by atoms with van der Waals surface area (Å²) in [6.45, 7) is 5.04. The molecule has 0 atom stereocenters. The van der Waals surface area contributed by atoms with Crippen LogP contribution in [0.15, 0.2) is 17.0 Å². The topological polar surface area (TPSA) is 87.2 Å². The molecule has 0 fully saturated rings. The van der Waals surface area contributed by atoms with Crippen molar-refractivity contribution >= 4 is 15.7 Å². The van der Waals surface area contributed by atoms with Gasteiger partial charge in [0.05, 0.1) is 16.7 Å². The number of halogens is 1. The first-order valence-corrected chi connectivity index (χ1v) is 7.60. The second kappa shape index (κ2) is 6.20. The summed E-state index contributed by atoms with van der Waals surface area (Å²) in [6, 6.07) is 3.84. The fourth-order valence-corrected chi connectivity index (χ4v) is 3.77. The second-order valence-corrected chi connectivity index (χ2v) is 6.62. The van der Waals surface area contributed by atoms with E-state index in [1.807, 2.05) is 6.07 Å². The van der Waals surface area contributed by atoms with Crippen LogP contribution in [-0.2, 0) is 10.0 Å². The van der Waals surface area contributed by atoms with Crippen molar-refractivity contribution in [2.24, 2.45) is 0 Å². The van der Waals surface area contributed by atoms with Crippen LogP contribution in [0.1, 0.15) is 25.8 Å². The molecule has 2 N–H and O–H groups in total. The summed E-state index contributed by atoms with van der Waals surface area (Å²) in [6.07, 6.45) is 0.0904. The predicted octanol–water partition coefficient (Wildman–Crippen LogP) is 2.03. The highest BCUT2D eigenvalue weighted by Crippen LogP contribution is 2.26. The molecule has 1 rings (SSSR count). The van der Waals surface area contributed by atoms with E-state index in [4.69, 9.17) is 11.0 Å². The third-order valence-corrected chi connectivity index (χ3v) is 5.12. The lowest BCUT2D eigenvalue weighted by Crippen LogP contribution is -2.38. The number of nitrogens with two attached hydrogens (primary N) is 1. The van der Waals surface area contributed by atoms with Crippen molar-refractivity contribution in [1.29, 1.82) is 5.26 Å². The van der Waals surface area contributed by atoms with E-state index in [1.165, 1.54) is 11.2 Å². The largest absolute Gasteiger partial charge is 0.396 e. The minimum atomic E-state index is -3.81. The van der Waals surface area contributed by atoms with E-state index in [2.05, 4.69) is 0 Å². The van der Waals surface area contributed by atoms with Crippen LogP contribution in [0, 0.1) is 24.1 Å². The second-order valence-electron chi connectivity index (χ2n) is 4.76. The summed E-state index contributed by atoms with van der Waals surface area (Å²) in [7, 11) is -3.81. The van der Waals surface area contributed by atoms with Crippen molar-refractivity contribution in [1.82, 2.24) is 4.31 Å². The highest BCUT2D eigenvalue weighted by molar-refractivity contribution is 7.89. The molecule has 20 heavy (non-hydrogen) atoms. The van der Waals surface area contributed by atoms with Crippen molar-refractivity contribution < 1.29 is 12.8 Å². The minimum absolute atomic E-state index is 0.0250. The maximum atomic E-state index is 13.3. The Morgan fingerprint density at radius 2 is 2.05 bits per heavy atom. The SMILES string of the molecule is Cc1cc(F)c(N)cc1S(=O)(=O)N(CCC#N)C(C)C. The Kier molecular flexibility index (Phi) is 5.09. The van der Waals surface area contributed by atoms with Crippen molar-refractivity contribution in [3.05, 3.63) is 23.5 Å². The van der Waals surface area contributed by atoms with Gasteiger partial charge in [-0.05, 0) is 38.5 Å². The maximum Gasteiger partial charge on any atom is 0.243 e. The number of nitrogens with zero attached hydrogens (tertiary/aromatic N) is 2. The zero-order valence-corrected chi connectivity index (χ0v) is 12.5. The van der Waals surface area contributed by atoms with Gasteiger partial charge in [0.1, 0.15) is 5.82 Å². The molecule has 0 saturated heterocycles. The van der Waals surface area contributed by atoms with Gasteiger partial charge in [-0.1, -0.05) is 0 Å². The molecule has 7 heteroatoms. The first-order valence-electron chi connectivity index (χ1n) is 6.16. The Morgan fingerprint density at radius 1 is 1.45 bits per heavy atom. The van der Waals surface area contributed by atoms with Crippen molar-refractivity contribution in [3.63, 3.8) is 0 Å². The predicted molar refractivity (Wildman–Crippen MR) is 74.8 cm³/mol. The van der Waals surface area contributed by atoms with Gasteiger partial charge >= 0.3 is 0 Å². The van der Waals surface area contributed by atoms with E-state index in [0.717, 1.165) is 12.1 Å². The smallest absolute Gasteiger partial charge is 0.243 e. The Hall–Kier alpha value is -1.65. The van der Waals surface area contributed by atoms with E-state index in [1.54, 1.807) is 13.8 Å². The van der Waals surface area contributed by atoms with Gasteiger partial charge < -0.3 is 5.73 Å². The molecular weight excluding hydrogens is 281 g/mol. The Labute approximate surface area is 118 Å². The fourth-order valence-electron chi connectivity index (χ4n) is 1.89. The van der Waals surface area contributed by atoms with Gasteiger partial charge in [-0.2, -0.15) is 9.57 Å². The molecule has 1 aromatic carbocycles. The molecule has 110 valence electrons. The molecule has 0 aliphatic carbocycles. The number of aryl methyl sites for hydroxylation is 1. The fraction of sp³-hybridized carbons (Fsp3) is 0.462. The lowest BCUT2D eigenvalue weighted by atomic mass is 10.2. The molecule has 0 spiro atoms. The zero-order valence-electron chi connectivity index (χ0n) is 11.7. The molecular formula is C13H18FN3O2S. The third-order valence-electron chi connectivity index (χ3n) is 2.90. The van der Waals surface area contributed by atoms with Crippen LogP contribution in [0.4, 0.5) is 10.1 Å². The standard InChI is InChI=1S/C13H18FN3O2S/c1-9(2)17(6-4-5-15)20(18,19)13-8-12(16)11(14)7-10(13)3/h7-9H,4,6,16H2,1-3H3. The number of nitriles is 1. The third kappa shape index (κ3) is 3.26. The molecule has 0 aromatic heterocycles. The van der Waals surface area contributed by atoms with Crippen LogP contribution >= 0.6 is 0 Å². The molecule has 0 bridgehead atoms.